The summed E-state index contributed by atoms with van der Waals surface area (Å²) in [6.07, 6.45) is 1.60. The number of para-hydroxylation sites is 1. The van der Waals surface area contributed by atoms with Gasteiger partial charge in [0.2, 0.25) is 5.91 Å². The average Bonchev–Trinajstić information content (AvgIpc) is 2.97. The number of rotatable bonds is 7. The predicted molar refractivity (Wildman–Crippen MR) is 117 cm³/mol. The first-order chi connectivity index (χ1) is 14.4. The minimum absolute atomic E-state index is 0.247. The lowest BCUT2D eigenvalue weighted by molar-refractivity contribution is -0.127. The van der Waals surface area contributed by atoms with Gasteiger partial charge in [-0.05, 0) is 61.0 Å². The van der Waals surface area contributed by atoms with Gasteiger partial charge in [0.05, 0.1) is 18.6 Å². The smallest absolute Gasteiger partial charge is 0.294 e. The van der Waals surface area contributed by atoms with Crippen LogP contribution in [0.3, 0.4) is 0 Å². The van der Waals surface area contributed by atoms with Crippen LogP contribution >= 0.6 is 11.8 Å². The molecule has 3 rings (SSSR count). The number of nitrogens with one attached hydrogen (secondary N) is 1. The second-order valence-corrected chi connectivity index (χ2v) is 7.47. The first-order valence-corrected chi connectivity index (χ1v) is 10.2. The van der Waals surface area contributed by atoms with Gasteiger partial charge in [-0.25, -0.2) is 0 Å². The second-order valence-electron chi connectivity index (χ2n) is 6.47. The van der Waals surface area contributed by atoms with Gasteiger partial charge in [0, 0.05) is 5.69 Å². The molecule has 0 aliphatic carbocycles. The largest absolute Gasteiger partial charge is 0.493 e. The number of aryl methyl sites for hydroxylation is 1. The van der Waals surface area contributed by atoms with Crippen molar-refractivity contribution in [1.29, 1.82) is 0 Å². The van der Waals surface area contributed by atoms with Crippen molar-refractivity contribution >= 4 is 40.6 Å². The highest BCUT2D eigenvalue weighted by Crippen LogP contribution is 2.34. The molecule has 2 aromatic rings. The molecule has 1 N–H and O–H groups in total. The molecule has 7 nitrogen and oxygen atoms in total. The fraction of sp³-hybridized carbons (Fsp3) is 0.227. The Hall–Kier alpha value is -3.26. The Balaban J connectivity index is 1.73. The van der Waals surface area contributed by atoms with Crippen molar-refractivity contribution < 1.29 is 23.9 Å². The number of methoxy groups -OCH3 is 1. The summed E-state index contributed by atoms with van der Waals surface area (Å²) in [4.78, 5) is 38.5. The zero-order valence-electron chi connectivity index (χ0n) is 16.9. The summed E-state index contributed by atoms with van der Waals surface area (Å²) < 4.78 is 10.8. The molecule has 0 saturated carbocycles. The summed E-state index contributed by atoms with van der Waals surface area (Å²) in [5.41, 5.74) is 2.23. The molecule has 8 heteroatoms. The normalized spacial score (nSPS) is 14.9. The number of imide groups is 1. The molecular formula is C22H22N2O5S. The van der Waals surface area contributed by atoms with Crippen LogP contribution in [0.5, 0.6) is 11.5 Å². The zero-order valence-corrected chi connectivity index (χ0v) is 17.7. The van der Waals surface area contributed by atoms with E-state index in [9.17, 15) is 14.4 Å². The summed E-state index contributed by atoms with van der Waals surface area (Å²) >= 11 is 0.804. The van der Waals surface area contributed by atoms with Gasteiger partial charge < -0.3 is 14.8 Å². The van der Waals surface area contributed by atoms with Gasteiger partial charge in [0.25, 0.3) is 11.1 Å². The number of benzene rings is 2. The summed E-state index contributed by atoms with van der Waals surface area (Å²) in [5.74, 6) is 0.190. The van der Waals surface area contributed by atoms with Crippen molar-refractivity contribution in [1.82, 2.24) is 4.90 Å². The predicted octanol–water partition coefficient (Wildman–Crippen LogP) is 4.08. The summed E-state index contributed by atoms with van der Waals surface area (Å²) in [6.45, 7) is 3.85. The fourth-order valence-corrected chi connectivity index (χ4v) is 3.72. The topological polar surface area (TPSA) is 84.9 Å². The minimum atomic E-state index is -0.501. The van der Waals surface area contributed by atoms with Crippen LogP contribution in [-0.2, 0) is 9.59 Å². The van der Waals surface area contributed by atoms with Crippen molar-refractivity contribution in [3.05, 3.63) is 58.5 Å². The van der Waals surface area contributed by atoms with Crippen LogP contribution < -0.4 is 14.8 Å². The first-order valence-electron chi connectivity index (χ1n) is 9.34. The van der Waals surface area contributed by atoms with Gasteiger partial charge in [-0.15, -0.1) is 0 Å². The molecule has 0 radical (unpaired) electrons. The van der Waals surface area contributed by atoms with E-state index in [1.165, 1.54) is 0 Å². The second kappa shape index (κ2) is 9.49. The average molecular weight is 426 g/mol. The maximum absolute atomic E-state index is 12.7. The van der Waals surface area contributed by atoms with Crippen molar-refractivity contribution in [2.75, 3.05) is 25.6 Å². The van der Waals surface area contributed by atoms with E-state index in [1.807, 2.05) is 26.0 Å². The number of hydrogen-bond acceptors (Lipinski definition) is 6. The third-order valence-electron chi connectivity index (χ3n) is 4.38. The minimum Gasteiger partial charge on any atom is -0.493 e. The molecule has 1 heterocycles. The molecule has 3 amide bonds. The molecule has 156 valence electrons. The third-order valence-corrected chi connectivity index (χ3v) is 5.29. The van der Waals surface area contributed by atoms with E-state index in [4.69, 9.17) is 9.47 Å². The molecule has 30 heavy (non-hydrogen) atoms. The lowest BCUT2D eigenvalue weighted by atomic mass is 10.2. The Kier molecular flexibility index (Phi) is 6.79. The van der Waals surface area contributed by atoms with Gasteiger partial charge in [0.15, 0.2) is 11.5 Å². The molecule has 0 unspecified atom stereocenters. The molecule has 1 saturated heterocycles. The third kappa shape index (κ3) is 4.83. The van der Waals surface area contributed by atoms with E-state index in [-0.39, 0.29) is 11.4 Å². The monoisotopic (exact) mass is 426 g/mol. The number of ether oxygens (including phenoxy) is 2. The van der Waals surface area contributed by atoms with Crippen LogP contribution in [0.15, 0.2) is 47.4 Å². The molecule has 1 aliphatic heterocycles. The number of carbonyl (C=O) groups excluding carboxylic acids is 3. The van der Waals surface area contributed by atoms with Crippen molar-refractivity contribution in [2.24, 2.45) is 0 Å². The van der Waals surface area contributed by atoms with Crippen LogP contribution in [0, 0.1) is 6.92 Å². The summed E-state index contributed by atoms with van der Waals surface area (Å²) in [5, 5.41) is 2.25. The van der Waals surface area contributed by atoms with E-state index >= 15 is 0 Å². The molecule has 0 bridgehead atoms. The number of carbonyl (C=O) groups is 3. The molecule has 0 aromatic heterocycles. The van der Waals surface area contributed by atoms with Crippen molar-refractivity contribution in [2.45, 2.75) is 13.8 Å². The lowest BCUT2D eigenvalue weighted by Crippen LogP contribution is -2.36. The number of thioether (sulfide) groups is 1. The quantitative estimate of drug-likeness (QED) is 0.672. The van der Waals surface area contributed by atoms with Crippen LogP contribution in [0.1, 0.15) is 18.1 Å². The van der Waals surface area contributed by atoms with Gasteiger partial charge in [-0.1, -0.05) is 24.3 Å². The molecule has 2 aromatic carbocycles. The van der Waals surface area contributed by atoms with Crippen LogP contribution in [0.4, 0.5) is 10.5 Å². The summed E-state index contributed by atoms with van der Waals surface area (Å²) in [7, 11) is 1.55. The molecule has 1 aliphatic rings. The Bertz CT molecular complexity index is 1020. The van der Waals surface area contributed by atoms with Gasteiger partial charge in [0.1, 0.15) is 6.54 Å². The van der Waals surface area contributed by atoms with Gasteiger partial charge >= 0.3 is 0 Å². The van der Waals surface area contributed by atoms with Gasteiger partial charge in [-0.3, -0.25) is 19.3 Å². The van der Waals surface area contributed by atoms with E-state index in [1.54, 1.807) is 43.5 Å². The van der Waals surface area contributed by atoms with E-state index in [0.29, 0.717) is 29.4 Å². The fourth-order valence-electron chi connectivity index (χ4n) is 2.89. The van der Waals surface area contributed by atoms with Crippen LogP contribution in [0.2, 0.25) is 0 Å². The highest BCUT2D eigenvalue weighted by atomic mass is 32.2. The Morgan fingerprint density at radius 1 is 1.17 bits per heavy atom. The van der Waals surface area contributed by atoms with Crippen molar-refractivity contribution in [3.63, 3.8) is 0 Å². The zero-order chi connectivity index (χ0) is 21.7. The Labute approximate surface area is 179 Å². The molecular weight excluding hydrogens is 404 g/mol. The highest BCUT2D eigenvalue weighted by Gasteiger charge is 2.36. The Morgan fingerprint density at radius 3 is 2.63 bits per heavy atom. The lowest BCUT2D eigenvalue weighted by Gasteiger charge is -2.13. The number of anilines is 1. The molecule has 0 atom stereocenters. The first kappa shape index (κ1) is 21.4. The summed E-state index contributed by atoms with van der Waals surface area (Å²) in [6, 6.07) is 12.5. The standard InChI is InChI=1S/C22H22N2O5S/c1-4-29-18-11-15(9-10-17(18)28-3)12-19-21(26)24(22(27)30-19)13-20(25)23-16-8-6-5-7-14(16)2/h5-12H,4,13H2,1-3H3,(H,23,25)/b19-12+. The Morgan fingerprint density at radius 2 is 1.93 bits per heavy atom. The SMILES string of the molecule is CCOc1cc(/C=C2/SC(=O)N(CC(=O)Nc3ccccc3C)C2=O)ccc1OC. The van der Waals surface area contributed by atoms with Crippen molar-refractivity contribution in [3.8, 4) is 11.5 Å². The number of amides is 3. The molecule has 1 fully saturated rings. The van der Waals surface area contributed by atoms with E-state index in [2.05, 4.69) is 5.32 Å². The highest BCUT2D eigenvalue weighted by molar-refractivity contribution is 8.18. The number of nitrogens with zero attached hydrogens (tertiary/aromatic N) is 1. The van der Waals surface area contributed by atoms with E-state index in [0.717, 1.165) is 22.2 Å². The van der Waals surface area contributed by atoms with Crippen LogP contribution in [0.25, 0.3) is 6.08 Å². The van der Waals surface area contributed by atoms with Crippen LogP contribution in [-0.4, -0.2) is 42.2 Å². The van der Waals surface area contributed by atoms with Gasteiger partial charge in [-0.2, -0.15) is 0 Å². The molecule has 0 spiro atoms. The maximum Gasteiger partial charge on any atom is 0.294 e. The maximum atomic E-state index is 12.7. The number of hydrogen-bond donors (Lipinski definition) is 1. The van der Waals surface area contributed by atoms with E-state index < -0.39 is 17.1 Å².